The second-order valence-electron chi connectivity index (χ2n) is 16.4. The summed E-state index contributed by atoms with van der Waals surface area (Å²) in [5.41, 5.74) is 0. The summed E-state index contributed by atoms with van der Waals surface area (Å²) in [5, 5.41) is 22.9. The number of hydrogen-bond donors (Lipinski definition) is 3. The molecule has 2 atom stereocenters. The second kappa shape index (κ2) is 46.5. The average Bonchev–Trinajstić information content (AvgIpc) is 3.21. The van der Waals surface area contributed by atoms with Gasteiger partial charge >= 0.3 is 5.97 Å². The lowest BCUT2D eigenvalue weighted by atomic mass is 10.1. The third kappa shape index (κ3) is 43.2. The lowest BCUT2D eigenvalue weighted by Gasteiger charge is -2.19. The van der Waals surface area contributed by atoms with Gasteiger partial charge in [0.05, 0.1) is 25.4 Å². The highest BCUT2D eigenvalue weighted by atomic mass is 16.5. The van der Waals surface area contributed by atoms with E-state index in [1.54, 1.807) is 6.08 Å². The molecule has 0 aliphatic heterocycles. The number of allylic oxidation sites excluding steroid dienone is 7. The molecule has 1 amide bonds. The van der Waals surface area contributed by atoms with E-state index in [0.717, 1.165) is 77.0 Å². The average molecular weight is 800 g/mol. The Hall–Kier alpha value is -2.18. The van der Waals surface area contributed by atoms with Crippen molar-refractivity contribution in [2.24, 2.45) is 0 Å². The van der Waals surface area contributed by atoms with Crippen molar-refractivity contribution in [1.29, 1.82) is 0 Å². The summed E-state index contributed by atoms with van der Waals surface area (Å²) in [5.74, 6) is -0.125. The highest BCUT2D eigenvalue weighted by Crippen LogP contribution is 2.13. The van der Waals surface area contributed by atoms with Gasteiger partial charge in [0, 0.05) is 12.8 Å². The molecule has 0 saturated carbocycles. The fourth-order valence-corrected chi connectivity index (χ4v) is 7.01. The molecule has 0 fully saturated rings. The molecule has 6 heteroatoms. The highest BCUT2D eigenvalue weighted by molar-refractivity contribution is 5.76. The van der Waals surface area contributed by atoms with E-state index in [1.165, 1.54) is 135 Å². The summed E-state index contributed by atoms with van der Waals surface area (Å²) in [6.07, 6.45) is 56.8. The molecule has 0 radical (unpaired) electrons. The molecule has 0 rings (SSSR count). The van der Waals surface area contributed by atoms with Crippen LogP contribution in [0.1, 0.15) is 239 Å². The zero-order chi connectivity index (χ0) is 41.5. The van der Waals surface area contributed by atoms with Crippen LogP contribution in [0, 0.1) is 0 Å². The lowest BCUT2D eigenvalue weighted by Crippen LogP contribution is -2.45. The van der Waals surface area contributed by atoms with Gasteiger partial charge in [-0.15, -0.1) is 0 Å². The standard InChI is InChI=1S/C51H93NO5/c1-3-5-7-9-11-13-15-16-17-18-19-22-25-29-33-37-41-45-51(56)57-46-42-38-34-30-26-23-20-21-24-28-32-36-40-44-50(55)52-48(47-53)49(54)43-39-35-31-27-14-12-10-8-6-4-2/h11,13,16-17,21,24,39,43,48-49,53-54H,3-10,12,14-15,18-20,22-23,25-38,40-42,44-47H2,1-2H3,(H,52,55)/b13-11-,17-16-,24-21-,43-39+. The second-order valence-corrected chi connectivity index (χ2v) is 16.4. The molecule has 0 aliphatic rings. The number of carbonyl (C=O) groups is 2. The van der Waals surface area contributed by atoms with Gasteiger partial charge in [0.25, 0.3) is 0 Å². The summed E-state index contributed by atoms with van der Waals surface area (Å²) in [7, 11) is 0. The van der Waals surface area contributed by atoms with Crippen LogP contribution >= 0.6 is 0 Å². The summed E-state index contributed by atoms with van der Waals surface area (Å²) in [4.78, 5) is 24.4. The van der Waals surface area contributed by atoms with Crippen molar-refractivity contribution in [3.8, 4) is 0 Å². The monoisotopic (exact) mass is 800 g/mol. The Morgan fingerprint density at radius 3 is 1.40 bits per heavy atom. The van der Waals surface area contributed by atoms with E-state index in [1.807, 2.05) is 6.08 Å². The maximum Gasteiger partial charge on any atom is 0.305 e. The Morgan fingerprint density at radius 2 is 0.877 bits per heavy atom. The molecule has 0 bridgehead atoms. The van der Waals surface area contributed by atoms with Gasteiger partial charge in [-0.3, -0.25) is 9.59 Å². The summed E-state index contributed by atoms with van der Waals surface area (Å²) >= 11 is 0. The zero-order valence-electron chi connectivity index (χ0n) is 37.6. The molecule has 0 aromatic carbocycles. The number of aliphatic hydroxyl groups excluding tert-OH is 2. The third-order valence-electron chi connectivity index (χ3n) is 10.8. The Balaban J connectivity index is 3.52. The number of unbranched alkanes of at least 4 members (excludes halogenated alkanes) is 27. The fraction of sp³-hybridized carbons (Fsp3) is 0.804. The minimum atomic E-state index is -0.860. The van der Waals surface area contributed by atoms with Gasteiger partial charge < -0.3 is 20.3 Å². The molecule has 0 aromatic heterocycles. The molecule has 6 nitrogen and oxygen atoms in total. The third-order valence-corrected chi connectivity index (χ3v) is 10.8. The molecule has 0 aliphatic carbocycles. The van der Waals surface area contributed by atoms with E-state index < -0.39 is 12.1 Å². The molecule has 332 valence electrons. The van der Waals surface area contributed by atoms with Crippen LogP contribution in [-0.4, -0.2) is 47.4 Å². The van der Waals surface area contributed by atoms with Crippen molar-refractivity contribution in [3.05, 3.63) is 48.6 Å². The van der Waals surface area contributed by atoms with E-state index in [2.05, 4.69) is 55.6 Å². The molecule has 3 N–H and O–H groups in total. The Bertz CT molecular complexity index is 973. The van der Waals surface area contributed by atoms with Crippen molar-refractivity contribution in [2.45, 2.75) is 251 Å². The van der Waals surface area contributed by atoms with E-state index in [9.17, 15) is 19.8 Å². The molecule has 0 spiro atoms. The van der Waals surface area contributed by atoms with E-state index in [4.69, 9.17) is 4.74 Å². The molecule has 57 heavy (non-hydrogen) atoms. The van der Waals surface area contributed by atoms with Crippen molar-refractivity contribution in [3.63, 3.8) is 0 Å². The number of carbonyl (C=O) groups excluding carboxylic acids is 2. The first-order chi connectivity index (χ1) is 28.0. The topological polar surface area (TPSA) is 95.9 Å². The minimum absolute atomic E-state index is 0.0233. The normalized spacial score (nSPS) is 13.1. The van der Waals surface area contributed by atoms with Crippen molar-refractivity contribution < 1.29 is 24.5 Å². The predicted molar refractivity (Wildman–Crippen MR) is 245 cm³/mol. The zero-order valence-corrected chi connectivity index (χ0v) is 37.6. The van der Waals surface area contributed by atoms with Crippen LogP contribution in [0.25, 0.3) is 0 Å². The van der Waals surface area contributed by atoms with Gasteiger partial charge in [-0.05, 0) is 89.9 Å². The molecular formula is C51H93NO5. The maximum absolute atomic E-state index is 12.4. The number of hydrogen-bond acceptors (Lipinski definition) is 5. The number of amides is 1. The Morgan fingerprint density at radius 1 is 0.491 bits per heavy atom. The Labute approximate surface area is 353 Å². The van der Waals surface area contributed by atoms with Crippen LogP contribution in [0.3, 0.4) is 0 Å². The molecular weight excluding hydrogens is 707 g/mol. The van der Waals surface area contributed by atoms with E-state index in [-0.39, 0.29) is 18.5 Å². The smallest absolute Gasteiger partial charge is 0.305 e. The molecule has 0 aromatic rings. The van der Waals surface area contributed by atoms with Crippen LogP contribution in [-0.2, 0) is 14.3 Å². The van der Waals surface area contributed by atoms with Gasteiger partial charge in [0.1, 0.15) is 0 Å². The fourth-order valence-electron chi connectivity index (χ4n) is 7.01. The predicted octanol–water partition coefficient (Wildman–Crippen LogP) is 14.3. The van der Waals surface area contributed by atoms with Crippen LogP contribution in [0.2, 0.25) is 0 Å². The first-order valence-corrected chi connectivity index (χ1v) is 24.4. The van der Waals surface area contributed by atoms with Gasteiger partial charge in [-0.2, -0.15) is 0 Å². The lowest BCUT2D eigenvalue weighted by molar-refractivity contribution is -0.143. The van der Waals surface area contributed by atoms with Crippen molar-refractivity contribution >= 4 is 11.9 Å². The summed E-state index contributed by atoms with van der Waals surface area (Å²) in [6.45, 7) is 4.79. The number of ether oxygens (including phenoxy) is 1. The SMILES string of the molecule is CCCCC/C=C\C/C=C\CCCCCCCCCC(=O)OCCCCCCCC/C=C\CCCCCC(=O)NC(CO)C(O)/C=C/CCCCCCCCCC. The van der Waals surface area contributed by atoms with Gasteiger partial charge in [-0.1, -0.05) is 184 Å². The number of esters is 1. The first kappa shape index (κ1) is 54.8. The first-order valence-electron chi connectivity index (χ1n) is 24.4. The van der Waals surface area contributed by atoms with Crippen molar-refractivity contribution in [1.82, 2.24) is 5.32 Å². The minimum Gasteiger partial charge on any atom is -0.466 e. The van der Waals surface area contributed by atoms with Crippen LogP contribution in [0.5, 0.6) is 0 Å². The largest absolute Gasteiger partial charge is 0.466 e. The highest BCUT2D eigenvalue weighted by Gasteiger charge is 2.18. The number of aliphatic hydroxyl groups is 2. The summed E-state index contributed by atoms with van der Waals surface area (Å²) in [6, 6.07) is -0.647. The summed E-state index contributed by atoms with van der Waals surface area (Å²) < 4.78 is 5.45. The van der Waals surface area contributed by atoms with Gasteiger partial charge in [-0.25, -0.2) is 0 Å². The van der Waals surface area contributed by atoms with E-state index in [0.29, 0.717) is 19.4 Å². The number of rotatable bonds is 44. The number of nitrogens with one attached hydrogen (secondary N) is 1. The Kier molecular flexibility index (Phi) is 44.7. The maximum atomic E-state index is 12.4. The van der Waals surface area contributed by atoms with Crippen LogP contribution in [0.15, 0.2) is 48.6 Å². The van der Waals surface area contributed by atoms with Gasteiger partial charge in [0.2, 0.25) is 5.91 Å². The van der Waals surface area contributed by atoms with Gasteiger partial charge in [0.15, 0.2) is 0 Å². The van der Waals surface area contributed by atoms with Crippen LogP contribution < -0.4 is 5.32 Å². The molecule has 0 saturated heterocycles. The molecule has 0 heterocycles. The van der Waals surface area contributed by atoms with E-state index >= 15 is 0 Å². The van der Waals surface area contributed by atoms with Crippen molar-refractivity contribution in [2.75, 3.05) is 13.2 Å². The quantitative estimate of drug-likeness (QED) is 0.0324. The van der Waals surface area contributed by atoms with Crippen LogP contribution in [0.4, 0.5) is 0 Å². The molecule has 2 unspecified atom stereocenters.